The minimum atomic E-state index is -1.13. The van der Waals surface area contributed by atoms with Crippen molar-refractivity contribution in [3.8, 4) is 0 Å². The van der Waals surface area contributed by atoms with E-state index >= 15 is 0 Å². The summed E-state index contributed by atoms with van der Waals surface area (Å²) in [5.41, 5.74) is 9.64. The van der Waals surface area contributed by atoms with Crippen molar-refractivity contribution in [2.75, 3.05) is 26.2 Å². The fraction of sp³-hybridized carbons (Fsp3) is 0.500. The molecular weight excluding hydrogens is 307 g/mol. The van der Waals surface area contributed by atoms with E-state index < -0.39 is 36.8 Å². The van der Waals surface area contributed by atoms with Crippen molar-refractivity contribution in [1.82, 2.24) is 0 Å². The monoisotopic (exact) mass is 320 g/mol. The normalized spacial score (nSPS) is 10.8. The summed E-state index contributed by atoms with van der Waals surface area (Å²) in [4.78, 5) is 25.6. The maximum Gasteiger partial charge on any atom is 2.00 e. The van der Waals surface area contributed by atoms with Gasteiger partial charge in [-0.05, 0) is 11.8 Å². The van der Waals surface area contributed by atoms with Crippen LogP contribution in [0.25, 0.3) is 0 Å². The van der Waals surface area contributed by atoms with Gasteiger partial charge in [-0.2, -0.15) is 0 Å². The first kappa shape index (κ1) is 22.5. The van der Waals surface area contributed by atoms with Crippen LogP contribution in [0.4, 0.5) is 0 Å². The molecule has 0 rings (SSSR count). The summed E-state index contributed by atoms with van der Waals surface area (Å²) in [6, 6.07) is 0. The van der Waals surface area contributed by atoms with Crippen LogP contribution in [0.3, 0.4) is 0 Å². The van der Waals surface area contributed by atoms with Crippen molar-refractivity contribution in [2.45, 2.75) is 0 Å². The SMILES string of the molecule is NCC([O-])=NCC(=O)O.NCC([O-])=NCC(=O)O.[Ni+2]. The summed E-state index contributed by atoms with van der Waals surface area (Å²) in [5, 5.41) is 36.3. The van der Waals surface area contributed by atoms with Crippen molar-refractivity contribution in [2.24, 2.45) is 21.5 Å². The molecule has 6 N–H and O–H groups in total. The van der Waals surface area contributed by atoms with Crippen molar-refractivity contribution in [3.63, 3.8) is 0 Å². The molecule has 0 spiro atoms. The van der Waals surface area contributed by atoms with E-state index in [-0.39, 0.29) is 29.6 Å². The Morgan fingerprint density at radius 3 is 1.32 bits per heavy atom. The summed E-state index contributed by atoms with van der Waals surface area (Å²) in [7, 11) is 0. The predicted molar refractivity (Wildman–Crippen MR) is 58.0 cm³/mol. The number of hydrogen-bond acceptors (Lipinski definition) is 8. The molecule has 0 aliphatic carbocycles. The van der Waals surface area contributed by atoms with Crippen LogP contribution in [0, 0.1) is 0 Å². The molecule has 11 heteroatoms. The Kier molecular flexibility index (Phi) is 17.0. The van der Waals surface area contributed by atoms with Gasteiger partial charge in [-0.15, -0.1) is 0 Å². The van der Waals surface area contributed by atoms with Gasteiger partial charge in [0.1, 0.15) is 13.1 Å². The van der Waals surface area contributed by atoms with Crippen molar-refractivity contribution in [1.29, 1.82) is 0 Å². The van der Waals surface area contributed by atoms with E-state index in [1.54, 1.807) is 0 Å². The van der Waals surface area contributed by atoms with Gasteiger partial charge in [-0.25, -0.2) is 0 Å². The zero-order chi connectivity index (χ0) is 14.6. The standard InChI is InChI=1S/2C4H8N2O3.Ni/c2*5-1-3(7)6-2-4(8)9;/h2*1-2,5H2,(H,6,7)(H,8,9);/q;;+2/p-2. The molecule has 0 aromatic carbocycles. The summed E-state index contributed by atoms with van der Waals surface area (Å²) in [6.45, 7) is -1.44. The number of hydrogen-bond donors (Lipinski definition) is 4. The summed E-state index contributed by atoms with van der Waals surface area (Å²) >= 11 is 0. The van der Waals surface area contributed by atoms with Gasteiger partial charge >= 0.3 is 28.4 Å². The van der Waals surface area contributed by atoms with Crippen LogP contribution in [0.15, 0.2) is 9.98 Å². The third kappa shape index (κ3) is 22.0. The molecule has 0 amide bonds. The molecule has 0 aromatic heterocycles. The van der Waals surface area contributed by atoms with E-state index in [2.05, 4.69) is 9.98 Å². The average molecular weight is 321 g/mol. The van der Waals surface area contributed by atoms with Crippen molar-refractivity contribution < 1.29 is 46.5 Å². The van der Waals surface area contributed by atoms with Crippen LogP contribution in [0.2, 0.25) is 0 Å². The van der Waals surface area contributed by atoms with Gasteiger partial charge in [-0.1, -0.05) is 0 Å². The minimum absolute atomic E-state index is 0. The first-order chi connectivity index (χ1) is 8.33. The molecule has 112 valence electrons. The van der Waals surface area contributed by atoms with Gasteiger partial charge in [0, 0.05) is 13.1 Å². The topological polar surface area (TPSA) is 197 Å². The molecule has 0 saturated heterocycles. The van der Waals surface area contributed by atoms with E-state index in [4.69, 9.17) is 21.7 Å². The zero-order valence-electron chi connectivity index (χ0n) is 9.72. The molecule has 10 nitrogen and oxygen atoms in total. The number of nitrogens with two attached hydrogens (primary N) is 2. The number of aliphatic imine (C=N–C) groups is 2. The van der Waals surface area contributed by atoms with Crippen molar-refractivity contribution in [3.05, 3.63) is 0 Å². The number of carboxylic acids is 2. The molecule has 19 heavy (non-hydrogen) atoms. The molecule has 0 aliphatic rings. The van der Waals surface area contributed by atoms with Gasteiger partial charge in [0.25, 0.3) is 0 Å². The Labute approximate surface area is 118 Å². The Bertz CT molecular complexity index is 301. The van der Waals surface area contributed by atoms with Gasteiger partial charge < -0.3 is 31.9 Å². The van der Waals surface area contributed by atoms with Crippen LogP contribution in [0.1, 0.15) is 0 Å². The molecule has 0 unspecified atom stereocenters. The number of carbonyl (C=O) groups is 2. The first-order valence-corrected chi connectivity index (χ1v) is 4.57. The van der Waals surface area contributed by atoms with E-state index in [0.29, 0.717) is 0 Å². The molecule has 0 radical (unpaired) electrons. The van der Waals surface area contributed by atoms with Crippen LogP contribution in [-0.2, 0) is 26.1 Å². The molecule has 0 aliphatic heterocycles. The average Bonchev–Trinajstić information content (AvgIpc) is 2.33. The van der Waals surface area contributed by atoms with Crippen LogP contribution < -0.4 is 21.7 Å². The molecule has 0 fully saturated rings. The summed E-state index contributed by atoms with van der Waals surface area (Å²) < 4.78 is 0. The van der Waals surface area contributed by atoms with Gasteiger partial charge in [0.05, 0.1) is 0 Å². The predicted octanol–water partition coefficient (Wildman–Crippen LogP) is -4.43. The Morgan fingerprint density at radius 2 is 1.16 bits per heavy atom. The van der Waals surface area contributed by atoms with E-state index in [9.17, 15) is 19.8 Å². The second-order valence-electron chi connectivity index (χ2n) is 2.62. The fourth-order valence-corrected chi connectivity index (χ4v) is 0.441. The van der Waals surface area contributed by atoms with Crippen molar-refractivity contribution >= 4 is 23.7 Å². The van der Waals surface area contributed by atoms with Gasteiger partial charge in [0.15, 0.2) is 0 Å². The Balaban J connectivity index is -0.000000256. The number of rotatable bonds is 6. The van der Waals surface area contributed by atoms with Crippen LogP contribution in [-0.4, -0.2) is 60.1 Å². The first-order valence-electron chi connectivity index (χ1n) is 4.57. The number of aliphatic carboxylic acids is 2. The summed E-state index contributed by atoms with van der Waals surface area (Å²) in [5.74, 6) is -3.43. The third-order valence-corrected chi connectivity index (χ3v) is 1.13. The zero-order valence-corrected chi connectivity index (χ0v) is 10.7. The minimum Gasteiger partial charge on any atom is -0.861 e. The fourth-order valence-electron chi connectivity index (χ4n) is 0.441. The second-order valence-corrected chi connectivity index (χ2v) is 2.62. The maximum atomic E-state index is 10.2. The Hall–Kier alpha value is -1.71. The maximum absolute atomic E-state index is 10.2. The number of nitrogens with zero attached hydrogens (tertiary/aromatic N) is 2. The van der Waals surface area contributed by atoms with E-state index in [0.717, 1.165) is 0 Å². The largest absolute Gasteiger partial charge is 2.00 e. The van der Waals surface area contributed by atoms with Crippen LogP contribution in [0.5, 0.6) is 0 Å². The smallest absolute Gasteiger partial charge is 0.861 e. The van der Waals surface area contributed by atoms with Crippen LogP contribution >= 0.6 is 0 Å². The molecule has 0 aromatic rings. The summed E-state index contributed by atoms with van der Waals surface area (Å²) in [6.07, 6.45) is 0. The molecule has 0 atom stereocenters. The van der Waals surface area contributed by atoms with E-state index in [1.807, 2.05) is 0 Å². The molecule has 0 saturated carbocycles. The second kappa shape index (κ2) is 14.4. The molecule has 0 bridgehead atoms. The van der Waals surface area contributed by atoms with Gasteiger partial charge in [-0.3, -0.25) is 19.6 Å². The number of carboxylic acid groups (broad SMARTS) is 2. The molecule has 0 heterocycles. The third-order valence-electron chi connectivity index (χ3n) is 1.13. The Morgan fingerprint density at radius 1 is 0.895 bits per heavy atom. The quantitative estimate of drug-likeness (QED) is 0.213. The van der Waals surface area contributed by atoms with Gasteiger partial charge in [0.2, 0.25) is 0 Å². The van der Waals surface area contributed by atoms with E-state index in [1.165, 1.54) is 0 Å². The molecular formula is C8H14N4NiO6.